The summed E-state index contributed by atoms with van der Waals surface area (Å²) < 4.78 is 5.55. The Hall–Kier alpha value is -3.40. The summed E-state index contributed by atoms with van der Waals surface area (Å²) >= 11 is 0. The van der Waals surface area contributed by atoms with Crippen LogP contribution >= 0.6 is 0 Å². The van der Waals surface area contributed by atoms with E-state index in [0.717, 1.165) is 24.1 Å². The van der Waals surface area contributed by atoms with Crippen LogP contribution in [0.3, 0.4) is 0 Å². The van der Waals surface area contributed by atoms with Crippen molar-refractivity contribution in [3.05, 3.63) is 95.6 Å². The van der Waals surface area contributed by atoms with E-state index in [1.54, 1.807) is 4.90 Å². The van der Waals surface area contributed by atoms with E-state index in [-0.39, 0.29) is 18.3 Å². The van der Waals surface area contributed by atoms with Crippen LogP contribution in [0.25, 0.3) is 0 Å². The maximum Gasteiger partial charge on any atom is 0.316 e. The Bertz CT molecular complexity index is 1010. The molecule has 0 aliphatic carbocycles. The Morgan fingerprint density at radius 2 is 1.53 bits per heavy atom. The van der Waals surface area contributed by atoms with Crippen molar-refractivity contribution in [2.45, 2.75) is 26.2 Å². The highest BCUT2D eigenvalue weighted by atomic mass is 16.5. The molecule has 0 unspecified atom stereocenters. The molecule has 4 heteroatoms. The molecular formula is C26H25NO3. The maximum atomic E-state index is 12.6. The van der Waals surface area contributed by atoms with E-state index < -0.39 is 5.92 Å². The number of esters is 1. The van der Waals surface area contributed by atoms with Crippen LogP contribution in [0.5, 0.6) is 5.75 Å². The van der Waals surface area contributed by atoms with Crippen molar-refractivity contribution in [1.29, 1.82) is 0 Å². The zero-order chi connectivity index (χ0) is 20.9. The first kappa shape index (κ1) is 19.9. The first-order valence-electron chi connectivity index (χ1n) is 10.4. The number of carbonyl (C=O) groups is 2. The molecule has 0 spiro atoms. The molecule has 1 aliphatic rings. The highest BCUT2D eigenvalue weighted by molar-refractivity contribution is 5.99. The molecule has 3 aromatic rings. The maximum absolute atomic E-state index is 12.6. The number of aryl methyl sites for hydroxylation is 1. The van der Waals surface area contributed by atoms with Gasteiger partial charge in [0, 0.05) is 18.7 Å². The standard InChI is InChI=1S/C26H25NO3/c1-2-19-8-12-23(13-9-19)27-18-22(17-25(27)28)26(29)30-24-14-10-21(11-15-24)16-20-6-4-3-5-7-20/h3-15,22H,2,16-18H2,1H3/t22-/m1/s1. The topological polar surface area (TPSA) is 46.6 Å². The van der Waals surface area contributed by atoms with E-state index in [1.807, 2.05) is 66.7 Å². The van der Waals surface area contributed by atoms with Crippen molar-refractivity contribution in [2.24, 2.45) is 5.92 Å². The zero-order valence-electron chi connectivity index (χ0n) is 17.1. The summed E-state index contributed by atoms with van der Waals surface area (Å²) in [5.74, 6) is -0.339. The summed E-state index contributed by atoms with van der Waals surface area (Å²) in [5, 5.41) is 0. The number of nitrogens with zero attached hydrogens (tertiary/aromatic N) is 1. The molecule has 0 radical (unpaired) electrons. The average molecular weight is 399 g/mol. The van der Waals surface area contributed by atoms with E-state index in [2.05, 4.69) is 19.1 Å². The highest BCUT2D eigenvalue weighted by Crippen LogP contribution is 2.27. The highest BCUT2D eigenvalue weighted by Gasteiger charge is 2.36. The Morgan fingerprint density at radius 3 is 2.20 bits per heavy atom. The minimum absolute atomic E-state index is 0.0422. The third kappa shape index (κ3) is 4.60. The van der Waals surface area contributed by atoms with E-state index in [0.29, 0.717) is 12.3 Å². The van der Waals surface area contributed by atoms with Gasteiger partial charge >= 0.3 is 5.97 Å². The molecule has 1 atom stereocenters. The lowest BCUT2D eigenvalue weighted by Gasteiger charge is -2.17. The van der Waals surface area contributed by atoms with Crippen molar-refractivity contribution >= 4 is 17.6 Å². The lowest BCUT2D eigenvalue weighted by molar-refractivity contribution is -0.139. The largest absolute Gasteiger partial charge is 0.426 e. The van der Waals surface area contributed by atoms with Gasteiger partial charge in [0.2, 0.25) is 5.91 Å². The first-order chi connectivity index (χ1) is 14.6. The van der Waals surface area contributed by atoms with E-state index in [9.17, 15) is 9.59 Å². The summed E-state index contributed by atoms with van der Waals surface area (Å²) in [6.07, 6.45) is 1.96. The third-order valence-corrected chi connectivity index (χ3v) is 5.51. The first-order valence-corrected chi connectivity index (χ1v) is 10.4. The number of anilines is 1. The molecule has 152 valence electrons. The Kier molecular flexibility index (Phi) is 5.94. The summed E-state index contributed by atoms with van der Waals surface area (Å²) in [4.78, 5) is 26.7. The van der Waals surface area contributed by atoms with Gasteiger partial charge in [-0.3, -0.25) is 9.59 Å². The van der Waals surface area contributed by atoms with Gasteiger partial charge < -0.3 is 9.64 Å². The SMILES string of the molecule is CCc1ccc(N2C[C@H](C(=O)Oc3ccc(Cc4ccccc4)cc3)CC2=O)cc1. The van der Waals surface area contributed by atoms with Crippen LogP contribution in [0.1, 0.15) is 30.0 Å². The van der Waals surface area contributed by atoms with Gasteiger partial charge in [-0.2, -0.15) is 0 Å². The van der Waals surface area contributed by atoms with Crippen LogP contribution in [0.2, 0.25) is 0 Å². The minimum Gasteiger partial charge on any atom is -0.426 e. The van der Waals surface area contributed by atoms with Crippen molar-refractivity contribution in [3.8, 4) is 5.75 Å². The summed E-state index contributed by atoms with van der Waals surface area (Å²) in [6, 6.07) is 25.7. The number of benzene rings is 3. The lowest BCUT2D eigenvalue weighted by Crippen LogP contribution is -2.27. The fraction of sp³-hybridized carbons (Fsp3) is 0.231. The fourth-order valence-corrected chi connectivity index (χ4v) is 3.73. The molecule has 0 saturated carbocycles. The summed E-state index contributed by atoms with van der Waals surface area (Å²) in [5.41, 5.74) is 4.44. The summed E-state index contributed by atoms with van der Waals surface area (Å²) in [7, 11) is 0. The van der Waals surface area contributed by atoms with E-state index in [1.165, 1.54) is 11.1 Å². The molecular weight excluding hydrogens is 374 g/mol. The van der Waals surface area contributed by atoms with E-state index >= 15 is 0 Å². The van der Waals surface area contributed by atoms with Crippen LogP contribution in [-0.4, -0.2) is 18.4 Å². The molecule has 0 aromatic heterocycles. The second kappa shape index (κ2) is 8.95. The molecule has 1 heterocycles. The molecule has 1 fully saturated rings. The molecule has 0 N–H and O–H groups in total. The van der Waals surface area contributed by atoms with Gasteiger partial charge in [-0.05, 0) is 53.8 Å². The van der Waals surface area contributed by atoms with Crippen molar-refractivity contribution in [2.75, 3.05) is 11.4 Å². The van der Waals surface area contributed by atoms with Crippen LogP contribution in [0, 0.1) is 5.92 Å². The van der Waals surface area contributed by atoms with Crippen molar-refractivity contribution in [3.63, 3.8) is 0 Å². The Labute approximate surface area is 177 Å². The molecule has 30 heavy (non-hydrogen) atoms. The van der Waals surface area contributed by atoms with Crippen molar-refractivity contribution < 1.29 is 14.3 Å². The number of rotatable bonds is 6. The number of hydrogen-bond donors (Lipinski definition) is 0. The Balaban J connectivity index is 1.36. The average Bonchev–Trinajstić information content (AvgIpc) is 3.18. The molecule has 1 aliphatic heterocycles. The predicted octanol–water partition coefficient (Wildman–Crippen LogP) is 4.80. The van der Waals surface area contributed by atoms with E-state index in [4.69, 9.17) is 4.74 Å². The monoisotopic (exact) mass is 399 g/mol. The van der Waals surface area contributed by atoms with Crippen LogP contribution in [-0.2, 0) is 22.4 Å². The second-order valence-electron chi connectivity index (χ2n) is 7.65. The quantitative estimate of drug-likeness (QED) is 0.442. The van der Waals surface area contributed by atoms with Crippen LogP contribution < -0.4 is 9.64 Å². The van der Waals surface area contributed by atoms with Gasteiger partial charge in [0.15, 0.2) is 0 Å². The van der Waals surface area contributed by atoms with Gasteiger partial charge in [0.1, 0.15) is 5.75 Å². The summed E-state index contributed by atoms with van der Waals surface area (Å²) in [6.45, 7) is 2.45. The predicted molar refractivity (Wildman–Crippen MR) is 118 cm³/mol. The Morgan fingerprint density at radius 1 is 0.900 bits per heavy atom. The third-order valence-electron chi connectivity index (χ3n) is 5.51. The van der Waals surface area contributed by atoms with Crippen LogP contribution in [0.15, 0.2) is 78.9 Å². The number of hydrogen-bond acceptors (Lipinski definition) is 3. The number of amides is 1. The molecule has 1 amide bonds. The molecule has 4 rings (SSSR count). The molecule has 3 aromatic carbocycles. The van der Waals surface area contributed by atoms with Gasteiger partial charge in [-0.1, -0.05) is 61.5 Å². The zero-order valence-corrected chi connectivity index (χ0v) is 17.1. The smallest absolute Gasteiger partial charge is 0.316 e. The van der Waals surface area contributed by atoms with Gasteiger partial charge in [0.25, 0.3) is 0 Å². The van der Waals surface area contributed by atoms with Crippen molar-refractivity contribution in [1.82, 2.24) is 0 Å². The number of ether oxygens (including phenoxy) is 1. The number of carbonyl (C=O) groups excluding carboxylic acids is 2. The van der Waals surface area contributed by atoms with Crippen LogP contribution in [0.4, 0.5) is 5.69 Å². The lowest BCUT2D eigenvalue weighted by atomic mass is 10.1. The normalized spacial score (nSPS) is 16.0. The molecule has 1 saturated heterocycles. The van der Waals surface area contributed by atoms with Gasteiger partial charge in [-0.15, -0.1) is 0 Å². The van der Waals surface area contributed by atoms with Gasteiger partial charge in [-0.25, -0.2) is 0 Å². The fourth-order valence-electron chi connectivity index (χ4n) is 3.73. The molecule has 4 nitrogen and oxygen atoms in total. The minimum atomic E-state index is -0.452. The van der Waals surface area contributed by atoms with Gasteiger partial charge in [0.05, 0.1) is 5.92 Å². The molecule has 0 bridgehead atoms. The second-order valence-corrected chi connectivity index (χ2v) is 7.65.